The topological polar surface area (TPSA) is 35.5 Å². The van der Waals surface area contributed by atoms with Crippen molar-refractivity contribution in [3.05, 3.63) is 12.7 Å². The van der Waals surface area contributed by atoms with E-state index in [2.05, 4.69) is 33.5 Å². The van der Waals surface area contributed by atoms with Gasteiger partial charge in [0.05, 0.1) is 6.61 Å². The van der Waals surface area contributed by atoms with Gasteiger partial charge in [-0.2, -0.15) is 0 Å². The minimum atomic E-state index is -1.50. The molecule has 1 atom stereocenters. The zero-order valence-electron chi connectivity index (χ0n) is 12.3. The summed E-state index contributed by atoms with van der Waals surface area (Å²) in [4.78, 5) is 10.9. The third kappa shape index (κ3) is 8.47. The summed E-state index contributed by atoms with van der Waals surface area (Å²) in [5.41, 5.74) is 0. The van der Waals surface area contributed by atoms with Crippen LogP contribution in [0.5, 0.6) is 0 Å². The highest BCUT2D eigenvalue weighted by Crippen LogP contribution is 2.19. The summed E-state index contributed by atoms with van der Waals surface area (Å²) in [7, 11) is -1.50. The maximum atomic E-state index is 10.9. The van der Waals surface area contributed by atoms with E-state index in [1.54, 1.807) is 0 Å². The molecule has 4 heteroatoms. The molecule has 0 saturated heterocycles. The van der Waals surface area contributed by atoms with Crippen LogP contribution in [0.1, 0.15) is 39.5 Å². The zero-order chi connectivity index (χ0) is 14.0. The van der Waals surface area contributed by atoms with Gasteiger partial charge in [-0.15, -0.1) is 0 Å². The van der Waals surface area contributed by atoms with Crippen LogP contribution in [-0.2, 0) is 14.0 Å². The van der Waals surface area contributed by atoms with Crippen LogP contribution in [0.3, 0.4) is 0 Å². The molecule has 3 nitrogen and oxygen atoms in total. The summed E-state index contributed by atoms with van der Waals surface area (Å²) in [6.07, 6.45) is 5.53. The van der Waals surface area contributed by atoms with Crippen molar-refractivity contribution in [2.45, 2.75) is 64.8 Å². The lowest BCUT2D eigenvalue weighted by Crippen LogP contribution is -2.35. The molecule has 18 heavy (non-hydrogen) atoms. The summed E-state index contributed by atoms with van der Waals surface area (Å²) in [5.74, 6) is -0.343. The average Bonchev–Trinajstić information content (AvgIpc) is 2.32. The average molecular weight is 272 g/mol. The van der Waals surface area contributed by atoms with Gasteiger partial charge in [0.15, 0.2) is 8.32 Å². The van der Waals surface area contributed by atoms with Crippen molar-refractivity contribution in [3.63, 3.8) is 0 Å². The molecular formula is C14H28O3Si. The molecule has 0 radical (unpaired) electrons. The number of carbonyl (C=O) groups excluding carboxylic acids is 1. The van der Waals surface area contributed by atoms with E-state index in [4.69, 9.17) is 9.16 Å². The predicted octanol–water partition coefficient (Wildman–Crippen LogP) is 3.91. The van der Waals surface area contributed by atoms with E-state index in [9.17, 15) is 4.79 Å². The fraction of sp³-hybridized carbons (Fsp3) is 0.786. The second-order valence-corrected chi connectivity index (χ2v) is 9.43. The number of esters is 1. The van der Waals surface area contributed by atoms with Crippen LogP contribution < -0.4 is 0 Å². The lowest BCUT2D eigenvalue weighted by Gasteiger charge is -2.28. The van der Waals surface area contributed by atoms with Crippen LogP contribution in [0.25, 0.3) is 0 Å². The molecule has 0 aliphatic heterocycles. The first-order chi connectivity index (χ1) is 8.45. The van der Waals surface area contributed by atoms with E-state index in [0.29, 0.717) is 12.7 Å². The van der Waals surface area contributed by atoms with E-state index in [-0.39, 0.29) is 5.97 Å². The summed E-state index contributed by atoms with van der Waals surface area (Å²) in [5, 5.41) is 0. The van der Waals surface area contributed by atoms with Crippen LogP contribution in [0, 0.1) is 0 Å². The molecule has 0 fully saturated rings. The molecule has 0 aromatic rings. The van der Waals surface area contributed by atoms with E-state index in [0.717, 1.165) is 19.3 Å². The minimum absolute atomic E-state index is 0.306. The summed E-state index contributed by atoms with van der Waals surface area (Å²) < 4.78 is 11.2. The molecule has 0 aliphatic carbocycles. The summed E-state index contributed by atoms with van der Waals surface area (Å²) in [6, 6.07) is 1.20. The highest BCUT2D eigenvalue weighted by Gasteiger charge is 2.24. The molecule has 0 rings (SSSR count). The Morgan fingerprint density at radius 3 is 2.56 bits per heavy atom. The van der Waals surface area contributed by atoms with Crippen LogP contribution in [0.4, 0.5) is 0 Å². The number of carbonyl (C=O) groups is 1. The van der Waals surface area contributed by atoms with E-state index < -0.39 is 8.32 Å². The fourth-order valence-corrected chi connectivity index (χ4v) is 4.51. The van der Waals surface area contributed by atoms with Gasteiger partial charge in [0, 0.05) is 12.2 Å². The normalized spacial score (nSPS) is 13.1. The predicted molar refractivity (Wildman–Crippen MR) is 78.1 cm³/mol. The van der Waals surface area contributed by atoms with Gasteiger partial charge in [0.25, 0.3) is 0 Å². The Morgan fingerprint density at radius 2 is 2.06 bits per heavy atom. The Kier molecular flexibility index (Phi) is 9.02. The van der Waals surface area contributed by atoms with Gasteiger partial charge >= 0.3 is 5.97 Å². The Morgan fingerprint density at radius 1 is 1.39 bits per heavy atom. The molecule has 0 saturated carbocycles. The molecule has 0 aromatic carbocycles. The van der Waals surface area contributed by atoms with Crippen LogP contribution in [0.2, 0.25) is 19.1 Å². The van der Waals surface area contributed by atoms with Crippen molar-refractivity contribution >= 4 is 14.3 Å². The van der Waals surface area contributed by atoms with Gasteiger partial charge in [-0.25, -0.2) is 4.79 Å². The van der Waals surface area contributed by atoms with Gasteiger partial charge in [0.2, 0.25) is 0 Å². The highest BCUT2D eigenvalue weighted by molar-refractivity contribution is 6.71. The summed E-state index contributed by atoms with van der Waals surface area (Å²) >= 11 is 0. The quantitative estimate of drug-likeness (QED) is 0.262. The zero-order valence-corrected chi connectivity index (χ0v) is 13.3. The molecule has 0 aromatic heterocycles. The summed E-state index contributed by atoms with van der Waals surface area (Å²) in [6.45, 7) is 12.7. The van der Waals surface area contributed by atoms with Crippen LogP contribution in [-0.4, -0.2) is 27.0 Å². The van der Waals surface area contributed by atoms with Crippen molar-refractivity contribution in [1.29, 1.82) is 0 Å². The van der Waals surface area contributed by atoms with Crippen molar-refractivity contribution in [2.75, 3.05) is 6.61 Å². The van der Waals surface area contributed by atoms with E-state index in [1.807, 2.05) is 0 Å². The van der Waals surface area contributed by atoms with Crippen molar-refractivity contribution < 1.29 is 14.0 Å². The third-order valence-electron chi connectivity index (χ3n) is 2.87. The number of hydrogen-bond donors (Lipinski definition) is 0. The molecule has 0 spiro atoms. The maximum absolute atomic E-state index is 10.9. The van der Waals surface area contributed by atoms with E-state index in [1.165, 1.54) is 18.5 Å². The van der Waals surface area contributed by atoms with Crippen molar-refractivity contribution in [3.8, 4) is 0 Å². The molecular weight excluding hydrogens is 244 g/mol. The monoisotopic (exact) mass is 272 g/mol. The molecule has 1 unspecified atom stereocenters. The number of hydrogen-bond acceptors (Lipinski definition) is 3. The maximum Gasteiger partial charge on any atom is 0.330 e. The second kappa shape index (κ2) is 9.33. The Balaban J connectivity index is 3.90. The Labute approximate surface area is 113 Å². The first-order valence-electron chi connectivity index (χ1n) is 6.92. The van der Waals surface area contributed by atoms with E-state index >= 15 is 0 Å². The highest BCUT2D eigenvalue weighted by atomic mass is 28.4. The van der Waals surface area contributed by atoms with Gasteiger partial charge in [0.1, 0.15) is 0 Å². The smallest absolute Gasteiger partial charge is 0.330 e. The lowest BCUT2D eigenvalue weighted by atomic mass is 10.1. The third-order valence-corrected chi connectivity index (χ3v) is 5.55. The first-order valence-corrected chi connectivity index (χ1v) is 10.0. The SMILES string of the molecule is C=CC(=O)OCCCC(CC)O[Si](C)(C)CCC. The van der Waals surface area contributed by atoms with Crippen LogP contribution >= 0.6 is 0 Å². The largest absolute Gasteiger partial charge is 0.463 e. The fourth-order valence-electron chi connectivity index (χ4n) is 2.00. The minimum Gasteiger partial charge on any atom is -0.463 e. The van der Waals surface area contributed by atoms with Gasteiger partial charge in [-0.1, -0.05) is 26.8 Å². The Bertz CT molecular complexity index is 251. The molecule has 0 aliphatic rings. The first kappa shape index (κ1) is 17.4. The van der Waals surface area contributed by atoms with Crippen molar-refractivity contribution in [2.24, 2.45) is 0 Å². The molecule has 0 N–H and O–H groups in total. The molecule has 0 heterocycles. The molecule has 0 amide bonds. The molecule has 106 valence electrons. The molecule has 0 bridgehead atoms. The standard InChI is InChI=1S/C14H28O3Si/c1-6-12-18(4,5)17-13(7-2)10-9-11-16-14(15)8-3/h8,13H,3,6-7,9-12H2,1-2,4-5H3. The van der Waals surface area contributed by atoms with Crippen LogP contribution in [0.15, 0.2) is 12.7 Å². The van der Waals surface area contributed by atoms with Gasteiger partial charge in [-0.3, -0.25) is 0 Å². The number of rotatable bonds is 10. The van der Waals surface area contributed by atoms with Gasteiger partial charge in [-0.05, 0) is 38.4 Å². The lowest BCUT2D eigenvalue weighted by molar-refractivity contribution is -0.137. The number of ether oxygens (including phenoxy) is 1. The van der Waals surface area contributed by atoms with Crippen molar-refractivity contribution in [1.82, 2.24) is 0 Å². The van der Waals surface area contributed by atoms with Gasteiger partial charge < -0.3 is 9.16 Å². The Hall–Kier alpha value is -0.613. The second-order valence-electron chi connectivity index (χ2n) is 5.17.